The van der Waals surface area contributed by atoms with Gasteiger partial charge in [0.15, 0.2) is 0 Å². The van der Waals surface area contributed by atoms with Gasteiger partial charge in [-0.25, -0.2) is 0 Å². The summed E-state index contributed by atoms with van der Waals surface area (Å²) in [6.45, 7) is 1.95. The standard InChI is InChI=1S/C21H14Cl2F3NO/c1-12-6-7-18(17-5-3-2-4-16(12)17)19-11-20(28-27-19,21(24,25)26)13-8-14(22)10-15(23)9-13/h2-11,27H,1H3. The fraction of sp³-hybridized carbons (Fsp3) is 0.143. The summed E-state index contributed by atoms with van der Waals surface area (Å²) in [7, 11) is 0. The van der Waals surface area contributed by atoms with Gasteiger partial charge in [-0.3, -0.25) is 10.3 Å². The Morgan fingerprint density at radius 1 is 0.929 bits per heavy atom. The van der Waals surface area contributed by atoms with Crippen LogP contribution in [-0.4, -0.2) is 6.18 Å². The van der Waals surface area contributed by atoms with E-state index >= 15 is 0 Å². The van der Waals surface area contributed by atoms with Crippen molar-refractivity contribution in [2.24, 2.45) is 0 Å². The second kappa shape index (κ2) is 6.69. The van der Waals surface area contributed by atoms with Crippen molar-refractivity contribution in [3.63, 3.8) is 0 Å². The SMILES string of the molecule is Cc1ccc(C2=CC(c3cc(Cl)cc(Cl)c3)(C(F)(F)F)ON2)c2ccccc12. The lowest BCUT2D eigenvalue weighted by atomic mass is 9.90. The number of aryl methyl sites for hydroxylation is 1. The number of fused-ring (bicyclic) bond motifs is 1. The van der Waals surface area contributed by atoms with Gasteiger partial charge in [0, 0.05) is 21.2 Å². The van der Waals surface area contributed by atoms with Crippen LogP contribution < -0.4 is 5.48 Å². The Labute approximate surface area is 169 Å². The zero-order valence-electron chi connectivity index (χ0n) is 14.6. The molecule has 0 spiro atoms. The molecule has 144 valence electrons. The van der Waals surface area contributed by atoms with E-state index in [1.165, 1.54) is 18.2 Å². The van der Waals surface area contributed by atoms with Gasteiger partial charge in [-0.1, -0.05) is 59.6 Å². The number of alkyl halides is 3. The first-order chi connectivity index (χ1) is 13.2. The van der Waals surface area contributed by atoms with Crippen LogP contribution >= 0.6 is 23.2 Å². The number of benzene rings is 3. The first kappa shape index (κ1) is 19.1. The molecule has 0 aromatic heterocycles. The van der Waals surface area contributed by atoms with Gasteiger partial charge in [0.05, 0.1) is 5.70 Å². The van der Waals surface area contributed by atoms with Crippen molar-refractivity contribution in [3.8, 4) is 0 Å². The van der Waals surface area contributed by atoms with Crippen LogP contribution in [-0.2, 0) is 10.4 Å². The van der Waals surface area contributed by atoms with E-state index < -0.39 is 11.8 Å². The number of hydroxylamine groups is 1. The van der Waals surface area contributed by atoms with E-state index in [0.29, 0.717) is 5.56 Å². The molecule has 4 rings (SSSR count). The van der Waals surface area contributed by atoms with E-state index in [1.807, 2.05) is 37.3 Å². The Morgan fingerprint density at radius 3 is 2.21 bits per heavy atom. The molecule has 1 heterocycles. The Hall–Kier alpha value is -2.21. The predicted molar refractivity (Wildman–Crippen MR) is 105 cm³/mol. The van der Waals surface area contributed by atoms with Gasteiger partial charge < -0.3 is 0 Å². The molecule has 1 aliphatic rings. The highest BCUT2D eigenvalue weighted by atomic mass is 35.5. The monoisotopic (exact) mass is 423 g/mol. The molecule has 0 radical (unpaired) electrons. The summed E-state index contributed by atoms with van der Waals surface area (Å²) in [5.74, 6) is 0. The third kappa shape index (κ3) is 3.04. The lowest BCUT2D eigenvalue weighted by Crippen LogP contribution is -2.42. The molecular weight excluding hydrogens is 410 g/mol. The molecule has 0 aliphatic carbocycles. The molecule has 0 saturated heterocycles. The van der Waals surface area contributed by atoms with Crippen LogP contribution in [0.1, 0.15) is 16.7 Å². The third-order valence-corrected chi connectivity index (χ3v) is 5.25. The maximum atomic E-state index is 14.1. The summed E-state index contributed by atoms with van der Waals surface area (Å²) in [6, 6.07) is 14.9. The van der Waals surface area contributed by atoms with Crippen LogP contribution in [0.15, 0.2) is 60.7 Å². The van der Waals surface area contributed by atoms with Gasteiger partial charge >= 0.3 is 6.18 Å². The topological polar surface area (TPSA) is 21.3 Å². The molecule has 0 bridgehead atoms. The van der Waals surface area contributed by atoms with Crippen LogP contribution in [0.2, 0.25) is 10.0 Å². The van der Waals surface area contributed by atoms with Crippen molar-refractivity contribution in [3.05, 3.63) is 87.4 Å². The van der Waals surface area contributed by atoms with E-state index in [9.17, 15) is 13.2 Å². The van der Waals surface area contributed by atoms with E-state index in [4.69, 9.17) is 28.0 Å². The van der Waals surface area contributed by atoms with Gasteiger partial charge in [0.25, 0.3) is 0 Å². The average Bonchev–Trinajstić information content (AvgIpc) is 3.08. The summed E-state index contributed by atoms with van der Waals surface area (Å²) in [5, 5.41) is 1.97. The molecule has 2 nitrogen and oxygen atoms in total. The molecule has 1 unspecified atom stereocenters. The molecule has 3 aromatic carbocycles. The first-order valence-electron chi connectivity index (χ1n) is 8.40. The fourth-order valence-electron chi connectivity index (χ4n) is 3.43. The number of rotatable bonds is 2. The number of nitrogens with one attached hydrogen (secondary N) is 1. The quantitative estimate of drug-likeness (QED) is 0.489. The normalized spacial score (nSPS) is 19.6. The number of halogens is 5. The predicted octanol–water partition coefficient (Wildman–Crippen LogP) is 6.79. The van der Waals surface area contributed by atoms with Crippen LogP contribution in [0.4, 0.5) is 13.2 Å². The molecule has 0 fully saturated rings. The van der Waals surface area contributed by atoms with Crippen LogP contribution in [0.3, 0.4) is 0 Å². The van der Waals surface area contributed by atoms with Crippen molar-refractivity contribution < 1.29 is 18.0 Å². The summed E-state index contributed by atoms with van der Waals surface area (Å²) in [5.41, 5.74) is 1.44. The van der Waals surface area contributed by atoms with E-state index in [0.717, 1.165) is 22.4 Å². The molecule has 0 saturated carbocycles. The summed E-state index contributed by atoms with van der Waals surface area (Å²) >= 11 is 11.9. The maximum Gasteiger partial charge on any atom is 0.428 e. The highest BCUT2D eigenvalue weighted by molar-refractivity contribution is 6.34. The van der Waals surface area contributed by atoms with Gasteiger partial charge in [-0.15, -0.1) is 0 Å². The summed E-state index contributed by atoms with van der Waals surface area (Å²) in [4.78, 5) is 5.16. The van der Waals surface area contributed by atoms with Crippen LogP contribution in [0, 0.1) is 6.92 Å². The zero-order valence-corrected chi connectivity index (χ0v) is 16.1. The zero-order chi connectivity index (χ0) is 20.1. The lowest BCUT2D eigenvalue weighted by Gasteiger charge is -2.28. The first-order valence-corrected chi connectivity index (χ1v) is 9.16. The minimum absolute atomic E-state index is 0.0948. The number of hydrogen-bond donors (Lipinski definition) is 1. The molecule has 1 atom stereocenters. The smallest absolute Gasteiger partial charge is 0.265 e. The van der Waals surface area contributed by atoms with Gasteiger partial charge in [-0.05, 0) is 47.5 Å². The highest BCUT2D eigenvalue weighted by Gasteiger charge is 2.59. The van der Waals surface area contributed by atoms with Crippen molar-refractivity contribution >= 4 is 39.7 Å². The van der Waals surface area contributed by atoms with Crippen molar-refractivity contribution in [2.75, 3.05) is 0 Å². The molecule has 1 N–H and O–H groups in total. The average molecular weight is 424 g/mol. The summed E-state index contributed by atoms with van der Waals surface area (Å²) < 4.78 is 42.4. The second-order valence-corrected chi connectivity index (χ2v) is 7.50. The number of hydrogen-bond acceptors (Lipinski definition) is 2. The van der Waals surface area contributed by atoms with E-state index in [2.05, 4.69) is 5.48 Å². The van der Waals surface area contributed by atoms with E-state index in [1.54, 1.807) is 6.07 Å². The molecule has 28 heavy (non-hydrogen) atoms. The van der Waals surface area contributed by atoms with Gasteiger partial charge in [0.2, 0.25) is 5.60 Å². The molecule has 3 aromatic rings. The van der Waals surface area contributed by atoms with Crippen LogP contribution in [0.5, 0.6) is 0 Å². The minimum Gasteiger partial charge on any atom is -0.265 e. The van der Waals surface area contributed by atoms with Crippen molar-refractivity contribution in [1.29, 1.82) is 0 Å². The van der Waals surface area contributed by atoms with Gasteiger partial charge in [-0.2, -0.15) is 13.2 Å². The van der Waals surface area contributed by atoms with Gasteiger partial charge in [0.1, 0.15) is 0 Å². The Bertz CT molecular complexity index is 1090. The lowest BCUT2D eigenvalue weighted by molar-refractivity contribution is -0.269. The Balaban J connectivity index is 1.93. The van der Waals surface area contributed by atoms with Crippen LogP contribution in [0.25, 0.3) is 16.5 Å². The molecular formula is C21H14Cl2F3NO. The summed E-state index contributed by atoms with van der Waals surface area (Å²) in [6.07, 6.45) is -3.71. The highest BCUT2D eigenvalue weighted by Crippen LogP contribution is 2.48. The van der Waals surface area contributed by atoms with E-state index in [-0.39, 0.29) is 21.3 Å². The van der Waals surface area contributed by atoms with Crippen molar-refractivity contribution in [1.82, 2.24) is 5.48 Å². The second-order valence-electron chi connectivity index (χ2n) is 6.63. The maximum absolute atomic E-state index is 14.1. The Kier molecular flexibility index (Phi) is 4.57. The Morgan fingerprint density at radius 2 is 1.57 bits per heavy atom. The molecule has 0 amide bonds. The largest absolute Gasteiger partial charge is 0.428 e. The third-order valence-electron chi connectivity index (χ3n) is 4.81. The van der Waals surface area contributed by atoms with Crippen molar-refractivity contribution in [2.45, 2.75) is 18.7 Å². The minimum atomic E-state index is -4.74. The molecule has 1 aliphatic heterocycles. The fourth-order valence-corrected chi connectivity index (χ4v) is 3.95. The molecule has 7 heteroatoms.